The van der Waals surface area contributed by atoms with Crippen molar-refractivity contribution in [2.24, 2.45) is 12.2 Å². The van der Waals surface area contributed by atoms with Crippen molar-refractivity contribution in [3.63, 3.8) is 0 Å². The molecule has 122 valence electrons. The lowest BCUT2D eigenvalue weighted by Gasteiger charge is -2.21. The van der Waals surface area contributed by atoms with Crippen LogP contribution in [0.2, 0.25) is 0 Å². The number of hydrogen-bond donors (Lipinski definition) is 0. The zero-order valence-electron chi connectivity index (χ0n) is 13.9. The second kappa shape index (κ2) is 5.45. The number of nitrogens with zero attached hydrogens (tertiary/aromatic N) is 3. The Morgan fingerprint density at radius 2 is 1.92 bits per heavy atom. The predicted molar refractivity (Wildman–Crippen MR) is 99.2 cm³/mol. The summed E-state index contributed by atoms with van der Waals surface area (Å²) in [7, 11) is 1.95. The summed E-state index contributed by atoms with van der Waals surface area (Å²) in [4.78, 5) is 5.88. The van der Waals surface area contributed by atoms with Gasteiger partial charge < -0.3 is 4.84 Å². The van der Waals surface area contributed by atoms with Gasteiger partial charge in [0, 0.05) is 23.5 Å². The molecule has 1 aromatic heterocycles. The second-order valence-electron chi connectivity index (χ2n) is 6.47. The van der Waals surface area contributed by atoms with Gasteiger partial charge in [0.2, 0.25) is 0 Å². The van der Waals surface area contributed by atoms with E-state index in [1.807, 2.05) is 24.7 Å². The Hall–Kier alpha value is -2.14. The number of rotatable bonds is 2. The van der Waals surface area contributed by atoms with Gasteiger partial charge >= 0.3 is 0 Å². The van der Waals surface area contributed by atoms with Gasteiger partial charge in [-0.25, -0.2) is 0 Å². The van der Waals surface area contributed by atoms with Crippen molar-refractivity contribution in [1.82, 2.24) is 9.78 Å². The fourth-order valence-corrected chi connectivity index (χ4v) is 3.92. The van der Waals surface area contributed by atoms with E-state index in [1.54, 1.807) is 0 Å². The van der Waals surface area contributed by atoms with Gasteiger partial charge in [-0.05, 0) is 36.8 Å². The van der Waals surface area contributed by atoms with E-state index >= 15 is 0 Å². The van der Waals surface area contributed by atoms with Crippen molar-refractivity contribution in [2.75, 3.05) is 0 Å². The third kappa shape index (κ3) is 2.35. The molecule has 0 radical (unpaired) electrons. The van der Waals surface area contributed by atoms with E-state index in [-0.39, 0.29) is 0 Å². The van der Waals surface area contributed by atoms with Crippen molar-refractivity contribution >= 4 is 32.4 Å². The first kappa shape index (κ1) is 15.4. The van der Waals surface area contributed by atoms with E-state index in [2.05, 4.69) is 69.5 Å². The molecule has 0 amide bonds. The molecule has 4 rings (SSSR count). The molecule has 5 heteroatoms. The Labute approximate surface area is 149 Å². The van der Waals surface area contributed by atoms with Gasteiger partial charge in [0.25, 0.3) is 0 Å². The number of halogens is 1. The molecule has 1 unspecified atom stereocenters. The molecule has 2 heterocycles. The first-order valence-electron chi connectivity index (χ1n) is 7.92. The van der Waals surface area contributed by atoms with E-state index in [1.165, 1.54) is 10.8 Å². The number of aromatic nitrogens is 2. The average Bonchev–Trinajstić information content (AvgIpc) is 3.12. The molecule has 0 bridgehead atoms. The van der Waals surface area contributed by atoms with Gasteiger partial charge in [0.1, 0.15) is 0 Å². The number of fused-ring (bicyclic) bond motifs is 1. The minimum absolute atomic E-state index is 0.487. The molecule has 0 spiro atoms. The molecule has 0 N–H and O–H groups in total. The number of hydrogen-bond acceptors (Lipinski definition) is 3. The fourth-order valence-electron chi connectivity index (χ4n) is 3.44. The highest BCUT2D eigenvalue weighted by Gasteiger charge is 2.39. The highest BCUT2D eigenvalue weighted by atomic mass is 79.9. The summed E-state index contributed by atoms with van der Waals surface area (Å²) >= 11 is 3.63. The molecule has 24 heavy (non-hydrogen) atoms. The second-order valence-corrected chi connectivity index (χ2v) is 7.33. The number of oxime groups is 1. The molecule has 1 atom stereocenters. The minimum Gasteiger partial charge on any atom is -0.382 e. The normalized spacial score (nSPS) is 20.2. The van der Waals surface area contributed by atoms with E-state index in [4.69, 9.17) is 4.84 Å². The van der Waals surface area contributed by atoms with Crippen LogP contribution in [-0.2, 0) is 17.5 Å². The minimum atomic E-state index is -0.487. The van der Waals surface area contributed by atoms with Crippen LogP contribution in [0.1, 0.15) is 30.3 Å². The topological polar surface area (TPSA) is 39.4 Å². The van der Waals surface area contributed by atoms with Gasteiger partial charge in [-0.1, -0.05) is 51.4 Å². The molecule has 0 saturated carbocycles. The zero-order valence-corrected chi connectivity index (χ0v) is 15.5. The molecular weight excluding hydrogens is 366 g/mol. The van der Waals surface area contributed by atoms with E-state index < -0.39 is 5.60 Å². The fraction of sp³-hybridized carbons (Fsp3) is 0.263. The van der Waals surface area contributed by atoms with Crippen LogP contribution in [0.25, 0.3) is 10.8 Å². The molecule has 1 aliphatic rings. The van der Waals surface area contributed by atoms with Crippen LogP contribution in [0.15, 0.2) is 52.1 Å². The van der Waals surface area contributed by atoms with Crippen LogP contribution in [0.4, 0.5) is 0 Å². The van der Waals surface area contributed by atoms with Crippen LogP contribution in [-0.4, -0.2) is 15.5 Å². The van der Waals surface area contributed by atoms with Crippen molar-refractivity contribution in [1.29, 1.82) is 0 Å². The Morgan fingerprint density at radius 1 is 1.17 bits per heavy atom. The molecule has 0 aliphatic carbocycles. The summed E-state index contributed by atoms with van der Waals surface area (Å²) in [5.74, 6) is 0. The lowest BCUT2D eigenvalue weighted by Crippen LogP contribution is -2.25. The third-order valence-corrected chi connectivity index (χ3v) is 5.28. The summed E-state index contributed by atoms with van der Waals surface area (Å²) in [6, 6.07) is 14.6. The summed E-state index contributed by atoms with van der Waals surface area (Å²) in [5, 5.41) is 11.2. The summed E-state index contributed by atoms with van der Waals surface area (Å²) < 4.78 is 2.97. The Kier molecular flexibility index (Phi) is 3.49. The van der Waals surface area contributed by atoms with Crippen molar-refractivity contribution in [2.45, 2.75) is 25.9 Å². The van der Waals surface area contributed by atoms with Gasteiger partial charge in [-0.15, -0.1) is 0 Å². The first-order chi connectivity index (χ1) is 11.5. The van der Waals surface area contributed by atoms with Crippen molar-refractivity contribution in [3.8, 4) is 0 Å². The smallest absolute Gasteiger partial charge is 0.181 e. The average molecular weight is 384 g/mol. The van der Waals surface area contributed by atoms with Gasteiger partial charge in [0.05, 0.1) is 17.1 Å². The van der Waals surface area contributed by atoms with Crippen LogP contribution in [0.5, 0.6) is 0 Å². The highest BCUT2D eigenvalue weighted by Crippen LogP contribution is 2.38. The Morgan fingerprint density at radius 3 is 2.62 bits per heavy atom. The predicted octanol–water partition coefficient (Wildman–Crippen LogP) is 4.68. The number of aryl methyl sites for hydroxylation is 2. The monoisotopic (exact) mass is 383 g/mol. The Bertz CT molecular complexity index is 976. The summed E-state index contributed by atoms with van der Waals surface area (Å²) in [6.07, 6.45) is 0.720. The van der Waals surface area contributed by atoms with E-state index in [0.29, 0.717) is 0 Å². The molecule has 0 fully saturated rings. The maximum absolute atomic E-state index is 5.88. The first-order valence-corrected chi connectivity index (χ1v) is 8.71. The van der Waals surface area contributed by atoms with Gasteiger partial charge in [-0.2, -0.15) is 5.10 Å². The van der Waals surface area contributed by atoms with Crippen LogP contribution in [0.3, 0.4) is 0 Å². The highest BCUT2D eigenvalue weighted by molar-refractivity contribution is 9.10. The largest absolute Gasteiger partial charge is 0.382 e. The van der Waals surface area contributed by atoms with E-state index in [0.717, 1.165) is 33.6 Å². The number of benzene rings is 2. The lowest BCUT2D eigenvalue weighted by atomic mass is 9.90. The molecule has 1 aliphatic heterocycles. The molecule has 4 nitrogen and oxygen atoms in total. The SMILES string of the molecule is Cc1cc(C2(C)CC(c3ccc(Br)c4ccccc34)=NO2)n(C)n1. The quantitative estimate of drug-likeness (QED) is 0.644. The Balaban J connectivity index is 1.76. The summed E-state index contributed by atoms with van der Waals surface area (Å²) in [5.41, 5.74) is 3.64. The molecule has 3 aromatic rings. The third-order valence-electron chi connectivity index (χ3n) is 4.59. The van der Waals surface area contributed by atoms with Crippen LogP contribution >= 0.6 is 15.9 Å². The van der Waals surface area contributed by atoms with Crippen LogP contribution in [0, 0.1) is 6.92 Å². The maximum Gasteiger partial charge on any atom is 0.181 e. The van der Waals surface area contributed by atoms with Gasteiger partial charge in [0.15, 0.2) is 5.60 Å². The van der Waals surface area contributed by atoms with Crippen LogP contribution < -0.4 is 0 Å². The molecular formula is C19H18BrN3O. The van der Waals surface area contributed by atoms with Crippen molar-refractivity contribution < 1.29 is 4.84 Å². The van der Waals surface area contributed by atoms with Gasteiger partial charge in [-0.3, -0.25) is 4.68 Å². The molecule has 0 saturated heterocycles. The van der Waals surface area contributed by atoms with E-state index in [9.17, 15) is 0 Å². The zero-order chi connectivity index (χ0) is 16.9. The standard InChI is InChI=1S/C19H18BrN3O/c1-12-10-18(23(3)21-12)19(2)11-17(22-24-19)15-8-9-16(20)14-7-5-4-6-13(14)15/h4-10H,11H2,1-3H3. The van der Waals surface area contributed by atoms with Crippen molar-refractivity contribution in [3.05, 3.63) is 63.9 Å². The maximum atomic E-state index is 5.88. The molecule has 2 aromatic carbocycles. The lowest BCUT2D eigenvalue weighted by molar-refractivity contribution is -0.0135. The summed E-state index contributed by atoms with van der Waals surface area (Å²) in [6.45, 7) is 4.06.